The van der Waals surface area contributed by atoms with E-state index in [2.05, 4.69) is 15.5 Å². The number of imidazole rings is 1. The Balaban J connectivity index is 1.53. The zero-order chi connectivity index (χ0) is 16.8. The smallest absolute Gasteiger partial charge is 0.273 e. The molecule has 7 nitrogen and oxygen atoms in total. The van der Waals surface area contributed by atoms with Crippen LogP contribution in [0.5, 0.6) is 5.75 Å². The van der Waals surface area contributed by atoms with E-state index in [4.69, 9.17) is 9.26 Å². The molecule has 2 heterocycles. The summed E-state index contributed by atoms with van der Waals surface area (Å²) >= 11 is 0. The van der Waals surface area contributed by atoms with Gasteiger partial charge in [-0.25, -0.2) is 4.98 Å². The van der Waals surface area contributed by atoms with Crippen molar-refractivity contribution in [2.75, 3.05) is 13.7 Å². The number of aromatic nitrogens is 3. The minimum atomic E-state index is -0.246. The van der Waals surface area contributed by atoms with Crippen LogP contribution in [0.2, 0.25) is 0 Å². The van der Waals surface area contributed by atoms with Crippen LogP contribution in [0.4, 0.5) is 0 Å². The molecule has 0 aliphatic rings. The minimum absolute atomic E-state index is 0.246. The van der Waals surface area contributed by atoms with Gasteiger partial charge in [0.25, 0.3) is 5.91 Å². The lowest BCUT2D eigenvalue weighted by atomic mass is 10.1. The molecule has 0 aliphatic heterocycles. The Labute approximate surface area is 139 Å². The number of aryl methyl sites for hydroxylation is 1. The second kappa shape index (κ2) is 7.45. The molecule has 2 aromatic heterocycles. The summed E-state index contributed by atoms with van der Waals surface area (Å²) in [6.45, 7) is 1.36. The maximum atomic E-state index is 12.1. The number of rotatable bonds is 7. The highest BCUT2D eigenvalue weighted by Gasteiger charge is 2.13. The highest BCUT2D eigenvalue weighted by molar-refractivity contribution is 5.93. The molecule has 0 atom stereocenters. The van der Waals surface area contributed by atoms with Crippen LogP contribution in [0.25, 0.3) is 11.3 Å². The number of nitrogens with zero attached hydrogens (tertiary/aromatic N) is 3. The molecule has 1 N–H and O–H groups in total. The Bertz CT molecular complexity index is 779. The standard InChI is InChI=1S/C17H18N4O3/c1-23-14-5-3-13(4-6-14)16-11-15(20-24-16)17(22)19-7-2-9-21-10-8-18-12-21/h3-6,8,10-12H,2,7,9H2,1H3,(H,19,22). The molecule has 3 aromatic rings. The Hall–Kier alpha value is -3.09. The van der Waals surface area contributed by atoms with Crippen molar-refractivity contribution in [3.63, 3.8) is 0 Å². The van der Waals surface area contributed by atoms with E-state index in [1.807, 2.05) is 35.0 Å². The molecule has 0 radical (unpaired) electrons. The lowest BCUT2D eigenvalue weighted by Crippen LogP contribution is -2.25. The van der Waals surface area contributed by atoms with E-state index >= 15 is 0 Å². The zero-order valence-electron chi connectivity index (χ0n) is 13.3. The van der Waals surface area contributed by atoms with Crippen LogP contribution in [0.1, 0.15) is 16.9 Å². The average molecular weight is 326 g/mol. The van der Waals surface area contributed by atoms with Gasteiger partial charge in [0, 0.05) is 37.1 Å². The number of hydrogen-bond donors (Lipinski definition) is 1. The lowest BCUT2D eigenvalue weighted by molar-refractivity contribution is 0.0944. The van der Waals surface area contributed by atoms with Crippen LogP contribution in [0, 0.1) is 0 Å². The number of nitrogens with one attached hydrogen (secondary N) is 1. The van der Waals surface area contributed by atoms with Crippen LogP contribution in [0.3, 0.4) is 0 Å². The van der Waals surface area contributed by atoms with E-state index in [-0.39, 0.29) is 11.6 Å². The molecule has 0 saturated heterocycles. The summed E-state index contributed by atoms with van der Waals surface area (Å²) in [6, 6.07) is 8.99. The maximum absolute atomic E-state index is 12.1. The summed E-state index contributed by atoms with van der Waals surface area (Å²) < 4.78 is 12.3. The number of methoxy groups -OCH3 is 1. The van der Waals surface area contributed by atoms with Crippen molar-refractivity contribution in [3.8, 4) is 17.1 Å². The maximum Gasteiger partial charge on any atom is 0.273 e. The molecule has 24 heavy (non-hydrogen) atoms. The van der Waals surface area contributed by atoms with E-state index in [9.17, 15) is 4.79 Å². The molecule has 0 fully saturated rings. The van der Waals surface area contributed by atoms with Crippen molar-refractivity contribution < 1.29 is 14.1 Å². The van der Waals surface area contributed by atoms with Gasteiger partial charge >= 0.3 is 0 Å². The third-order valence-corrected chi connectivity index (χ3v) is 3.56. The van der Waals surface area contributed by atoms with Crippen molar-refractivity contribution in [1.82, 2.24) is 20.0 Å². The highest BCUT2D eigenvalue weighted by Crippen LogP contribution is 2.23. The first-order valence-electron chi connectivity index (χ1n) is 7.61. The number of carbonyl (C=O) groups is 1. The van der Waals surface area contributed by atoms with Crippen molar-refractivity contribution in [1.29, 1.82) is 0 Å². The summed E-state index contributed by atoms with van der Waals surface area (Å²) in [5.41, 5.74) is 1.10. The fourth-order valence-corrected chi connectivity index (χ4v) is 2.25. The molecule has 0 aliphatic carbocycles. The van der Waals surface area contributed by atoms with Crippen molar-refractivity contribution in [2.45, 2.75) is 13.0 Å². The number of amides is 1. The van der Waals surface area contributed by atoms with Crippen molar-refractivity contribution in [3.05, 3.63) is 54.7 Å². The molecule has 124 valence electrons. The fraction of sp³-hybridized carbons (Fsp3) is 0.235. The second-order valence-electron chi connectivity index (χ2n) is 5.21. The van der Waals surface area contributed by atoms with Gasteiger partial charge in [0.2, 0.25) is 0 Å². The normalized spacial score (nSPS) is 10.5. The molecule has 0 bridgehead atoms. The van der Waals surface area contributed by atoms with Gasteiger partial charge in [-0.15, -0.1) is 0 Å². The van der Waals surface area contributed by atoms with E-state index in [1.165, 1.54) is 0 Å². The van der Waals surface area contributed by atoms with Gasteiger partial charge < -0.3 is 19.1 Å². The highest BCUT2D eigenvalue weighted by atomic mass is 16.5. The minimum Gasteiger partial charge on any atom is -0.497 e. The van der Waals surface area contributed by atoms with E-state index in [0.29, 0.717) is 12.3 Å². The van der Waals surface area contributed by atoms with Crippen LogP contribution in [0.15, 0.2) is 53.6 Å². The first kappa shape index (κ1) is 15.8. The summed E-state index contributed by atoms with van der Waals surface area (Å²) in [4.78, 5) is 16.0. The summed E-state index contributed by atoms with van der Waals surface area (Å²) in [6.07, 6.45) is 6.18. The Kier molecular flexibility index (Phi) is 4.90. The molecule has 0 unspecified atom stereocenters. The van der Waals surface area contributed by atoms with Gasteiger partial charge in [0.1, 0.15) is 5.75 Å². The molecular formula is C17H18N4O3. The predicted molar refractivity (Wildman–Crippen MR) is 87.7 cm³/mol. The molecule has 1 amide bonds. The van der Waals surface area contributed by atoms with Crippen LogP contribution in [-0.2, 0) is 6.54 Å². The lowest BCUT2D eigenvalue weighted by Gasteiger charge is -2.03. The van der Waals surface area contributed by atoms with E-state index in [0.717, 1.165) is 24.3 Å². The van der Waals surface area contributed by atoms with Crippen molar-refractivity contribution in [2.24, 2.45) is 0 Å². The molecule has 1 aromatic carbocycles. The molecule has 7 heteroatoms. The number of carbonyl (C=O) groups excluding carboxylic acids is 1. The molecule has 0 spiro atoms. The topological polar surface area (TPSA) is 82.2 Å². The average Bonchev–Trinajstić information content (AvgIpc) is 3.30. The number of ether oxygens (including phenoxy) is 1. The van der Waals surface area contributed by atoms with Gasteiger partial charge in [0.05, 0.1) is 13.4 Å². The Morgan fingerprint density at radius 1 is 1.33 bits per heavy atom. The monoisotopic (exact) mass is 326 g/mol. The van der Waals surface area contributed by atoms with Gasteiger partial charge in [-0.3, -0.25) is 4.79 Å². The summed E-state index contributed by atoms with van der Waals surface area (Å²) in [7, 11) is 1.61. The molecular weight excluding hydrogens is 308 g/mol. The third kappa shape index (κ3) is 3.81. The van der Waals surface area contributed by atoms with Gasteiger partial charge in [-0.1, -0.05) is 5.16 Å². The van der Waals surface area contributed by atoms with Crippen molar-refractivity contribution >= 4 is 5.91 Å². The number of benzene rings is 1. The van der Waals surface area contributed by atoms with E-state index in [1.54, 1.807) is 25.7 Å². The zero-order valence-corrected chi connectivity index (χ0v) is 13.3. The quantitative estimate of drug-likeness (QED) is 0.674. The SMILES string of the molecule is COc1ccc(-c2cc(C(=O)NCCCn3ccnc3)no2)cc1. The largest absolute Gasteiger partial charge is 0.497 e. The summed E-state index contributed by atoms with van der Waals surface area (Å²) in [5.74, 6) is 1.06. The second-order valence-corrected chi connectivity index (χ2v) is 5.21. The van der Waals surface area contributed by atoms with Gasteiger partial charge in [0.15, 0.2) is 11.5 Å². The third-order valence-electron chi connectivity index (χ3n) is 3.56. The summed E-state index contributed by atoms with van der Waals surface area (Å²) in [5, 5.41) is 6.66. The number of hydrogen-bond acceptors (Lipinski definition) is 5. The van der Waals surface area contributed by atoms with Gasteiger partial charge in [-0.05, 0) is 30.7 Å². The first-order valence-corrected chi connectivity index (χ1v) is 7.61. The van der Waals surface area contributed by atoms with Crippen LogP contribution < -0.4 is 10.1 Å². The first-order chi connectivity index (χ1) is 11.8. The molecule has 3 rings (SSSR count). The van der Waals surface area contributed by atoms with Crippen LogP contribution in [-0.4, -0.2) is 34.3 Å². The fourth-order valence-electron chi connectivity index (χ4n) is 2.25. The van der Waals surface area contributed by atoms with Gasteiger partial charge in [-0.2, -0.15) is 0 Å². The molecule has 0 saturated carbocycles. The Morgan fingerprint density at radius 2 is 2.17 bits per heavy atom. The predicted octanol–water partition coefficient (Wildman–Crippen LogP) is 2.37. The van der Waals surface area contributed by atoms with Crippen LogP contribution >= 0.6 is 0 Å². The van der Waals surface area contributed by atoms with E-state index < -0.39 is 0 Å². The Morgan fingerprint density at radius 3 is 2.88 bits per heavy atom.